The summed E-state index contributed by atoms with van der Waals surface area (Å²) >= 11 is 5.98. The van der Waals surface area contributed by atoms with Crippen molar-refractivity contribution in [2.45, 2.75) is 6.54 Å². The van der Waals surface area contributed by atoms with Crippen LogP contribution in [-0.2, 0) is 6.54 Å². The van der Waals surface area contributed by atoms with Gasteiger partial charge in [0.25, 0.3) is 0 Å². The van der Waals surface area contributed by atoms with Crippen molar-refractivity contribution >= 4 is 28.3 Å². The van der Waals surface area contributed by atoms with Crippen LogP contribution in [0, 0.1) is 0 Å². The van der Waals surface area contributed by atoms with Gasteiger partial charge in [-0.1, -0.05) is 23.7 Å². The lowest BCUT2D eigenvalue weighted by atomic mass is 10.1. The summed E-state index contributed by atoms with van der Waals surface area (Å²) in [7, 11) is 3.27. The van der Waals surface area contributed by atoms with Crippen LogP contribution in [0.3, 0.4) is 0 Å². The zero-order valence-electron chi connectivity index (χ0n) is 16.1. The van der Waals surface area contributed by atoms with E-state index in [0.29, 0.717) is 11.5 Å². The minimum absolute atomic E-state index is 0.674. The van der Waals surface area contributed by atoms with Crippen LogP contribution in [0.1, 0.15) is 5.56 Å². The fraction of sp³-hybridized carbons (Fsp3) is 0.333. The fourth-order valence-electron chi connectivity index (χ4n) is 3.59. The second kappa shape index (κ2) is 8.20. The van der Waals surface area contributed by atoms with Crippen LogP contribution >= 0.6 is 11.6 Å². The molecule has 0 bridgehead atoms. The van der Waals surface area contributed by atoms with Crippen molar-refractivity contribution in [2.24, 2.45) is 0 Å². The van der Waals surface area contributed by atoms with Crippen molar-refractivity contribution in [1.82, 2.24) is 14.9 Å². The number of halogens is 1. The lowest BCUT2D eigenvalue weighted by molar-refractivity contribution is 0.249. The zero-order chi connectivity index (χ0) is 19.5. The Hall–Kier alpha value is -2.57. The van der Waals surface area contributed by atoms with Crippen molar-refractivity contribution in [3.63, 3.8) is 0 Å². The molecule has 1 aliphatic heterocycles. The van der Waals surface area contributed by atoms with Gasteiger partial charge in [0.2, 0.25) is 0 Å². The van der Waals surface area contributed by atoms with E-state index in [-0.39, 0.29) is 0 Å². The van der Waals surface area contributed by atoms with Crippen LogP contribution in [0.25, 0.3) is 10.9 Å². The maximum Gasteiger partial charge on any atom is 0.162 e. The summed E-state index contributed by atoms with van der Waals surface area (Å²) in [6.07, 6.45) is 1.61. The highest BCUT2D eigenvalue weighted by Gasteiger charge is 2.21. The molecule has 1 aliphatic rings. The molecule has 0 radical (unpaired) electrons. The smallest absolute Gasteiger partial charge is 0.162 e. The summed E-state index contributed by atoms with van der Waals surface area (Å²) in [5, 5.41) is 1.75. The third-order valence-electron chi connectivity index (χ3n) is 5.11. The lowest BCUT2D eigenvalue weighted by Crippen LogP contribution is -2.46. The van der Waals surface area contributed by atoms with E-state index in [1.807, 2.05) is 24.3 Å². The highest BCUT2D eigenvalue weighted by molar-refractivity contribution is 6.30. The van der Waals surface area contributed by atoms with Gasteiger partial charge in [-0.25, -0.2) is 9.97 Å². The van der Waals surface area contributed by atoms with Crippen LogP contribution in [0.5, 0.6) is 11.5 Å². The maximum absolute atomic E-state index is 5.98. The topological polar surface area (TPSA) is 50.7 Å². The zero-order valence-corrected chi connectivity index (χ0v) is 16.8. The molecule has 3 aromatic rings. The third kappa shape index (κ3) is 3.84. The molecule has 2 aromatic carbocycles. The molecule has 0 unspecified atom stereocenters. The average Bonchev–Trinajstić information content (AvgIpc) is 2.74. The summed E-state index contributed by atoms with van der Waals surface area (Å²) in [5.74, 6) is 2.30. The standard InChI is InChI=1S/C21H23ClN4O2/c1-27-19-11-17-18(12-20(19)28-2)23-14-24-21(17)26-9-7-25(8-10-26)13-15-3-5-16(22)6-4-15/h3-6,11-12,14H,7-10,13H2,1-2H3. The summed E-state index contributed by atoms with van der Waals surface area (Å²) in [6.45, 7) is 4.70. The second-order valence-corrected chi connectivity index (χ2v) is 7.25. The number of hydrogen-bond acceptors (Lipinski definition) is 6. The van der Waals surface area contributed by atoms with Gasteiger partial charge in [-0.15, -0.1) is 0 Å². The van der Waals surface area contributed by atoms with Gasteiger partial charge in [0.15, 0.2) is 11.5 Å². The number of fused-ring (bicyclic) bond motifs is 1. The van der Waals surface area contributed by atoms with Crippen LogP contribution in [0.15, 0.2) is 42.7 Å². The molecule has 1 saturated heterocycles. The minimum Gasteiger partial charge on any atom is -0.493 e. The quantitative estimate of drug-likeness (QED) is 0.654. The molecular weight excluding hydrogens is 376 g/mol. The molecule has 0 aliphatic carbocycles. The SMILES string of the molecule is COc1cc2ncnc(N3CCN(Cc4ccc(Cl)cc4)CC3)c2cc1OC. The third-order valence-corrected chi connectivity index (χ3v) is 5.36. The molecule has 0 atom stereocenters. The number of aromatic nitrogens is 2. The Balaban J connectivity index is 1.51. The van der Waals surface area contributed by atoms with Gasteiger partial charge < -0.3 is 14.4 Å². The first-order valence-corrected chi connectivity index (χ1v) is 9.64. The van der Waals surface area contributed by atoms with Crippen molar-refractivity contribution in [3.8, 4) is 11.5 Å². The molecule has 4 rings (SSSR count). The Bertz CT molecular complexity index is 957. The first-order chi connectivity index (χ1) is 13.7. The summed E-state index contributed by atoms with van der Waals surface area (Å²) in [5.41, 5.74) is 2.13. The van der Waals surface area contributed by atoms with E-state index in [1.54, 1.807) is 20.5 Å². The Morgan fingerprint density at radius 1 is 0.929 bits per heavy atom. The monoisotopic (exact) mass is 398 g/mol. The van der Waals surface area contributed by atoms with Crippen LogP contribution in [0.2, 0.25) is 5.02 Å². The van der Waals surface area contributed by atoms with Crippen molar-refractivity contribution in [3.05, 3.63) is 53.3 Å². The molecule has 0 saturated carbocycles. The number of nitrogens with zero attached hydrogens (tertiary/aromatic N) is 4. The summed E-state index contributed by atoms with van der Waals surface area (Å²) in [4.78, 5) is 13.7. The number of rotatable bonds is 5. The van der Waals surface area contributed by atoms with Crippen LogP contribution in [-0.4, -0.2) is 55.3 Å². The molecule has 146 valence electrons. The van der Waals surface area contributed by atoms with Crippen molar-refractivity contribution in [1.29, 1.82) is 0 Å². The molecule has 1 aromatic heterocycles. The van der Waals surface area contributed by atoms with Crippen LogP contribution in [0.4, 0.5) is 5.82 Å². The predicted octanol–water partition coefficient (Wildman–Crippen LogP) is 3.62. The molecule has 0 N–H and O–H groups in total. The molecule has 0 spiro atoms. The molecule has 2 heterocycles. The molecule has 1 fully saturated rings. The van der Waals surface area contributed by atoms with Gasteiger partial charge in [0.05, 0.1) is 19.7 Å². The normalized spacial score (nSPS) is 15.0. The predicted molar refractivity (Wildman–Crippen MR) is 112 cm³/mol. The highest BCUT2D eigenvalue weighted by Crippen LogP contribution is 2.34. The summed E-state index contributed by atoms with van der Waals surface area (Å²) in [6, 6.07) is 11.9. The van der Waals surface area contributed by atoms with Gasteiger partial charge in [0, 0.05) is 49.2 Å². The van der Waals surface area contributed by atoms with E-state index in [9.17, 15) is 0 Å². The number of piperazine rings is 1. The minimum atomic E-state index is 0.674. The van der Waals surface area contributed by atoms with E-state index < -0.39 is 0 Å². The van der Waals surface area contributed by atoms with Crippen molar-refractivity contribution < 1.29 is 9.47 Å². The first kappa shape index (κ1) is 18.8. The number of methoxy groups -OCH3 is 2. The largest absolute Gasteiger partial charge is 0.493 e. The van der Waals surface area contributed by atoms with Gasteiger partial charge >= 0.3 is 0 Å². The van der Waals surface area contributed by atoms with Crippen molar-refractivity contribution in [2.75, 3.05) is 45.3 Å². The fourth-order valence-corrected chi connectivity index (χ4v) is 3.71. The summed E-state index contributed by atoms with van der Waals surface area (Å²) < 4.78 is 10.9. The Labute approximate surface area is 169 Å². The molecular formula is C21H23ClN4O2. The Kier molecular flexibility index (Phi) is 5.50. The van der Waals surface area contributed by atoms with E-state index >= 15 is 0 Å². The number of ether oxygens (including phenoxy) is 2. The highest BCUT2D eigenvalue weighted by atomic mass is 35.5. The molecule has 28 heavy (non-hydrogen) atoms. The van der Waals surface area contributed by atoms with Gasteiger partial charge in [-0.3, -0.25) is 4.90 Å². The van der Waals surface area contributed by atoms with E-state index in [2.05, 4.69) is 31.9 Å². The van der Waals surface area contributed by atoms with E-state index in [4.69, 9.17) is 21.1 Å². The lowest BCUT2D eigenvalue weighted by Gasteiger charge is -2.35. The molecule has 7 heteroatoms. The molecule has 6 nitrogen and oxygen atoms in total. The van der Waals surface area contributed by atoms with E-state index in [0.717, 1.165) is 54.5 Å². The van der Waals surface area contributed by atoms with Gasteiger partial charge in [0.1, 0.15) is 12.1 Å². The van der Waals surface area contributed by atoms with Gasteiger partial charge in [-0.05, 0) is 23.8 Å². The second-order valence-electron chi connectivity index (χ2n) is 6.81. The van der Waals surface area contributed by atoms with Crippen LogP contribution < -0.4 is 14.4 Å². The number of hydrogen-bond donors (Lipinski definition) is 0. The first-order valence-electron chi connectivity index (χ1n) is 9.26. The van der Waals surface area contributed by atoms with Gasteiger partial charge in [-0.2, -0.15) is 0 Å². The number of benzene rings is 2. The average molecular weight is 399 g/mol. The Morgan fingerprint density at radius 2 is 1.61 bits per heavy atom. The Morgan fingerprint density at radius 3 is 2.29 bits per heavy atom. The maximum atomic E-state index is 5.98. The molecule has 0 amide bonds. The number of anilines is 1. The van der Waals surface area contributed by atoms with E-state index in [1.165, 1.54) is 5.56 Å².